The summed E-state index contributed by atoms with van der Waals surface area (Å²) in [6.07, 6.45) is 1.26. The molecule has 2 unspecified atom stereocenters. The van der Waals surface area contributed by atoms with Gasteiger partial charge < -0.3 is 19.9 Å². The van der Waals surface area contributed by atoms with Gasteiger partial charge in [-0.25, -0.2) is 4.79 Å². The molecule has 0 radical (unpaired) electrons. The summed E-state index contributed by atoms with van der Waals surface area (Å²) in [5.41, 5.74) is 4.28. The van der Waals surface area contributed by atoms with Crippen molar-refractivity contribution in [1.29, 1.82) is 0 Å². The number of alkyl carbamates (subject to hydrolysis) is 1. The fraction of sp³-hybridized carbons (Fsp3) is 0.387. The molecule has 7 nitrogen and oxygen atoms in total. The molecule has 194 valence electrons. The van der Waals surface area contributed by atoms with E-state index in [2.05, 4.69) is 17.4 Å². The summed E-state index contributed by atoms with van der Waals surface area (Å²) < 4.78 is 11.4. The number of carbonyl (C=O) groups is 3. The number of benzene rings is 2. The molecule has 4 atom stereocenters. The van der Waals surface area contributed by atoms with Crippen LogP contribution in [0.4, 0.5) is 4.79 Å². The molecule has 38 heavy (non-hydrogen) atoms. The third kappa shape index (κ3) is 2.85. The van der Waals surface area contributed by atoms with E-state index in [1.54, 1.807) is 0 Å². The molecule has 7 heteroatoms. The molecule has 2 aromatic carbocycles. The number of ketones is 1. The molecule has 5 aliphatic carbocycles. The quantitative estimate of drug-likeness (QED) is 0.588. The number of Topliss-reactive ketones (excluding diaryl/α,β-unsaturated/α-hetero) is 1. The van der Waals surface area contributed by atoms with Crippen LogP contribution in [0.3, 0.4) is 0 Å². The first kappa shape index (κ1) is 23.4. The normalized spacial score (nSPS) is 30.8. The van der Waals surface area contributed by atoms with Crippen LogP contribution in [0.1, 0.15) is 44.2 Å². The Labute approximate surface area is 220 Å². The first-order valence-corrected chi connectivity index (χ1v) is 13.1. The van der Waals surface area contributed by atoms with Crippen molar-refractivity contribution in [3.63, 3.8) is 0 Å². The summed E-state index contributed by atoms with van der Waals surface area (Å²) in [4.78, 5) is 38.4. The first-order valence-electron chi connectivity index (χ1n) is 13.1. The van der Waals surface area contributed by atoms with Crippen LogP contribution in [0.2, 0.25) is 0 Å². The second-order valence-corrected chi connectivity index (χ2v) is 11.8. The summed E-state index contributed by atoms with van der Waals surface area (Å²) in [7, 11) is 0. The van der Waals surface area contributed by atoms with E-state index in [-0.39, 0.29) is 30.8 Å². The van der Waals surface area contributed by atoms with Gasteiger partial charge in [0, 0.05) is 33.8 Å². The van der Waals surface area contributed by atoms with Crippen molar-refractivity contribution in [3.8, 4) is 11.1 Å². The maximum atomic E-state index is 13.1. The predicted octanol–water partition coefficient (Wildman–Crippen LogP) is 4.05. The van der Waals surface area contributed by atoms with Crippen LogP contribution < -0.4 is 5.32 Å². The minimum absolute atomic E-state index is 0.0174. The van der Waals surface area contributed by atoms with Crippen molar-refractivity contribution in [1.82, 2.24) is 5.32 Å². The number of ether oxygens (including phenoxy) is 2. The summed E-state index contributed by atoms with van der Waals surface area (Å²) in [6, 6.07) is 16.2. The number of aliphatic hydroxyl groups is 1. The van der Waals surface area contributed by atoms with Gasteiger partial charge in [-0.1, -0.05) is 74.0 Å². The van der Waals surface area contributed by atoms with E-state index in [9.17, 15) is 19.5 Å². The molecule has 0 heterocycles. The number of esters is 1. The van der Waals surface area contributed by atoms with Gasteiger partial charge >= 0.3 is 12.1 Å². The van der Waals surface area contributed by atoms with E-state index in [1.807, 2.05) is 63.2 Å². The van der Waals surface area contributed by atoms with Gasteiger partial charge in [0.25, 0.3) is 0 Å². The molecule has 7 rings (SSSR count). The third-order valence-corrected chi connectivity index (χ3v) is 9.44. The van der Waals surface area contributed by atoms with Gasteiger partial charge in [-0.2, -0.15) is 0 Å². The van der Waals surface area contributed by atoms with Gasteiger partial charge in [-0.05, 0) is 35.6 Å². The average Bonchev–Trinajstić information content (AvgIpc) is 3.72. The predicted molar refractivity (Wildman–Crippen MR) is 138 cm³/mol. The number of amides is 1. The van der Waals surface area contributed by atoms with E-state index in [0.29, 0.717) is 5.57 Å². The Morgan fingerprint density at radius 3 is 2.32 bits per heavy atom. The second kappa shape index (κ2) is 7.44. The molecule has 1 spiro atoms. The molecule has 0 bridgehead atoms. The number of carbonyl (C=O) groups excluding carboxylic acids is 3. The Hall–Kier alpha value is -3.71. The lowest BCUT2D eigenvalue weighted by Crippen LogP contribution is -2.42. The van der Waals surface area contributed by atoms with Crippen LogP contribution in [0.15, 0.2) is 71.3 Å². The molecule has 5 aliphatic rings. The smallest absolute Gasteiger partial charge is 0.407 e. The molecule has 2 fully saturated rings. The monoisotopic (exact) mass is 511 g/mol. The molecule has 1 amide bonds. The Morgan fingerprint density at radius 2 is 1.68 bits per heavy atom. The van der Waals surface area contributed by atoms with Crippen LogP contribution in [0.5, 0.6) is 0 Å². The van der Waals surface area contributed by atoms with E-state index < -0.39 is 34.6 Å². The number of hydrogen-bond acceptors (Lipinski definition) is 6. The number of nitrogens with one attached hydrogen (secondary N) is 1. The zero-order chi connectivity index (χ0) is 26.6. The van der Waals surface area contributed by atoms with Gasteiger partial charge in [0.1, 0.15) is 24.9 Å². The van der Waals surface area contributed by atoms with Crippen molar-refractivity contribution in [2.24, 2.45) is 16.7 Å². The Kier molecular flexibility index (Phi) is 4.59. The fourth-order valence-electron chi connectivity index (χ4n) is 7.34. The summed E-state index contributed by atoms with van der Waals surface area (Å²) in [5.74, 6) is -0.955. The van der Waals surface area contributed by atoms with Crippen LogP contribution in [0, 0.1) is 16.7 Å². The minimum Gasteiger partial charge on any atom is -0.455 e. The lowest BCUT2D eigenvalue weighted by Gasteiger charge is -2.33. The topological polar surface area (TPSA) is 102 Å². The maximum Gasteiger partial charge on any atom is 0.407 e. The highest BCUT2D eigenvalue weighted by Crippen LogP contribution is 2.88. The number of hydrogen-bond donors (Lipinski definition) is 2. The van der Waals surface area contributed by atoms with Gasteiger partial charge in [-0.15, -0.1) is 0 Å². The van der Waals surface area contributed by atoms with Crippen molar-refractivity contribution in [2.45, 2.75) is 44.8 Å². The van der Waals surface area contributed by atoms with Crippen LogP contribution in [0.25, 0.3) is 11.1 Å². The second-order valence-electron chi connectivity index (χ2n) is 11.8. The van der Waals surface area contributed by atoms with Crippen LogP contribution in [-0.2, 0) is 19.1 Å². The Balaban J connectivity index is 0.997. The molecule has 0 aromatic heterocycles. The first-order chi connectivity index (χ1) is 18.1. The summed E-state index contributed by atoms with van der Waals surface area (Å²) >= 11 is 0. The van der Waals surface area contributed by atoms with E-state index in [1.165, 1.54) is 0 Å². The number of rotatable bonds is 5. The molecule has 0 saturated heterocycles. The highest BCUT2D eigenvalue weighted by atomic mass is 16.6. The van der Waals surface area contributed by atoms with Crippen molar-refractivity contribution in [2.75, 3.05) is 13.2 Å². The largest absolute Gasteiger partial charge is 0.455 e. The SMILES string of the molecule is CC1=C2C(=CC(C)(C)[C@@H]2OC(=O)CNC(=O)OCC2c3ccccc3-c3ccccc32)C(=O)[C@@]2(O)C3CC132. The van der Waals surface area contributed by atoms with Crippen LogP contribution >= 0.6 is 0 Å². The molecular formula is C31H29NO6. The highest BCUT2D eigenvalue weighted by Gasteiger charge is 2.94. The van der Waals surface area contributed by atoms with E-state index in [4.69, 9.17) is 9.47 Å². The van der Waals surface area contributed by atoms with Crippen molar-refractivity contribution in [3.05, 3.63) is 82.5 Å². The van der Waals surface area contributed by atoms with Gasteiger partial charge in [0.15, 0.2) is 5.78 Å². The van der Waals surface area contributed by atoms with Crippen molar-refractivity contribution >= 4 is 17.8 Å². The van der Waals surface area contributed by atoms with Crippen molar-refractivity contribution < 1.29 is 29.0 Å². The fourth-order valence-corrected chi connectivity index (χ4v) is 7.34. The molecular weight excluding hydrogens is 482 g/mol. The van der Waals surface area contributed by atoms with Crippen LogP contribution in [-0.4, -0.2) is 47.8 Å². The maximum absolute atomic E-state index is 13.1. The van der Waals surface area contributed by atoms with Gasteiger partial charge in [0.2, 0.25) is 0 Å². The summed E-state index contributed by atoms with van der Waals surface area (Å²) in [6.45, 7) is 5.54. The molecule has 2 N–H and O–H groups in total. The molecule has 0 aliphatic heterocycles. The zero-order valence-electron chi connectivity index (χ0n) is 21.5. The lowest BCUT2D eigenvalue weighted by molar-refractivity contribution is -0.149. The summed E-state index contributed by atoms with van der Waals surface area (Å²) in [5, 5.41) is 13.4. The van der Waals surface area contributed by atoms with E-state index in [0.717, 1.165) is 39.8 Å². The highest BCUT2D eigenvalue weighted by molar-refractivity contribution is 6.14. The average molecular weight is 512 g/mol. The standard InChI is InChI=1S/C31H29NO6/c1-16-25-21(26(34)31(36)23-13-30(16,23)31)12-29(2,3)27(25)38-24(33)14-32-28(35)37-15-22-19-10-6-4-8-17(19)18-9-5-7-11-20(18)22/h4-12,22-23,27,36H,13-15H2,1-3H3,(H,32,35)/t23?,27-,30?,31+/m1/s1. The van der Waals surface area contributed by atoms with E-state index >= 15 is 0 Å². The minimum atomic E-state index is -1.27. The van der Waals surface area contributed by atoms with Gasteiger partial charge in [-0.3, -0.25) is 9.59 Å². The Bertz CT molecular complexity index is 1470. The number of fused-ring (bicyclic) bond motifs is 5. The third-order valence-electron chi connectivity index (χ3n) is 9.44. The van der Waals surface area contributed by atoms with Gasteiger partial charge in [0.05, 0.1) is 0 Å². The molecule has 2 aromatic rings. The lowest BCUT2D eigenvalue weighted by atomic mass is 9.77. The molecule has 2 saturated carbocycles. The zero-order valence-corrected chi connectivity index (χ0v) is 21.5. The Morgan fingerprint density at radius 1 is 1.05 bits per heavy atom.